The van der Waals surface area contributed by atoms with Crippen LogP contribution >= 0.6 is 0 Å². The van der Waals surface area contributed by atoms with Gasteiger partial charge in [0.1, 0.15) is 36.5 Å². The zero-order valence-electron chi connectivity index (χ0n) is 21.0. The van der Waals surface area contributed by atoms with Crippen LogP contribution in [0.5, 0.6) is 0 Å². The van der Waals surface area contributed by atoms with Crippen LogP contribution in [0.2, 0.25) is 0 Å². The first-order valence-corrected chi connectivity index (χ1v) is 12.1. The molecule has 2 aromatic heterocycles. The zero-order chi connectivity index (χ0) is 27.5. The van der Waals surface area contributed by atoms with Crippen molar-refractivity contribution in [3.05, 3.63) is 99.6 Å². The van der Waals surface area contributed by atoms with Gasteiger partial charge in [-0.15, -0.1) is 0 Å². The Balaban J connectivity index is 1.40. The van der Waals surface area contributed by atoms with E-state index in [9.17, 15) is 14.0 Å². The molecule has 1 saturated heterocycles. The van der Waals surface area contributed by atoms with E-state index in [1.165, 1.54) is 4.57 Å². The van der Waals surface area contributed by atoms with Crippen LogP contribution in [0, 0.1) is 19.9 Å². The summed E-state index contributed by atoms with van der Waals surface area (Å²) < 4.78 is 33.1. The lowest BCUT2D eigenvalue weighted by molar-refractivity contribution is -0.0562. The number of azide groups is 1. The van der Waals surface area contributed by atoms with Gasteiger partial charge in [0, 0.05) is 22.9 Å². The lowest BCUT2D eigenvalue weighted by Gasteiger charge is -2.19. The molecule has 5 rings (SSSR count). The fourth-order valence-electron chi connectivity index (χ4n) is 4.31. The van der Waals surface area contributed by atoms with E-state index in [1.54, 1.807) is 60.8 Å². The average molecular weight is 531 g/mol. The Labute approximate surface area is 221 Å². The quantitative estimate of drug-likeness (QED) is 0.101. The molecule has 0 N–H and O–H groups in total. The smallest absolute Gasteiger partial charge is 0.338 e. The van der Waals surface area contributed by atoms with E-state index < -0.39 is 36.5 Å². The Morgan fingerprint density at radius 3 is 2.33 bits per heavy atom. The van der Waals surface area contributed by atoms with Crippen LogP contribution in [0.3, 0.4) is 0 Å². The van der Waals surface area contributed by atoms with Crippen molar-refractivity contribution in [2.75, 3.05) is 6.61 Å². The van der Waals surface area contributed by atoms with Crippen molar-refractivity contribution in [3.8, 4) is 0 Å². The highest BCUT2D eigenvalue weighted by atomic mass is 19.1. The Kier molecular flexibility index (Phi) is 7.22. The van der Waals surface area contributed by atoms with E-state index in [0.29, 0.717) is 16.5 Å². The molecular weight excluding hydrogens is 507 g/mol. The minimum absolute atomic E-state index is 0.135. The van der Waals surface area contributed by atoms with Crippen LogP contribution in [0.25, 0.3) is 21.5 Å². The molecule has 3 atom stereocenters. The average Bonchev–Trinajstić information content (AvgIpc) is 3.52. The van der Waals surface area contributed by atoms with Gasteiger partial charge >= 0.3 is 18.0 Å². The summed E-state index contributed by atoms with van der Waals surface area (Å²) in [5.41, 5.74) is 11.7. The standard InChI is InChI=1S/C27H23FN6O5/c1-15-3-7-17(8-4-15)25(35)37-14-21-20(39-26(36)18-9-5-16(2)6-10-18)13-22(38-21)34-12-11-19-23(32-33-29)30-27(28)31-24(19)34/h3-12,20-22H,13-14H2,1-2H3. The van der Waals surface area contributed by atoms with Crippen LogP contribution in [0.15, 0.2) is 65.9 Å². The van der Waals surface area contributed by atoms with Gasteiger partial charge in [0.05, 0.1) is 11.1 Å². The van der Waals surface area contributed by atoms with E-state index in [0.717, 1.165) is 11.1 Å². The molecule has 39 heavy (non-hydrogen) atoms. The Hall–Kier alpha value is -4.80. The second kappa shape index (κ2) is 10.9. The van der Waals surface area contributed by atoms with Crippen molar-refractivity contribution in [1.29, 1.82) is 0 Å². The first-order chi connectivity index (χ1) is 18.8. The number of nitrogens with zero attached hydrogens (tertiary/aromatic N) is 6. The number of aromatic nitrogens is 3. The monoisotopic (exact) mass is 530 g/mol. The second-order valence-corrected chi connectivity index (χ2v) is 9.11. The molecule has 0 bridgehead atoms. The van der Waals surface area contributed by atoms with E-state index >= 15 is 0 Å². The number of ether oxygens (including phenoxy) is 3. The van der Waals surface area contributed by atoms with Crippen LogP contribution in [0.1, 0.15) is 44.5 Å². The molecule has 0 spiro atoms. The first kappa shape index (κ1) is 25.8. The normalized spacial score (nSPS) is 18.5. The molecule has 1 aliphatic heterocycles. The molecule has 0 aliphatic carbocycles. The van der Waals surface area contributed by atoms with Crippen molar-refractivity contribution in [3.63, 3.8) is 0 Å². The van der Waals surface area contributed by atoms with Crippen molar-refractivity contribution in [2.24, 2.45) is 5.11 Å². The van der Waals surface area contributed by atoms with Crippen LogP contribution in [0.4, 0.5) is 10.2 Å². The fourth-order valence-corrected chi connectivity index (χ4v) is 4.31. The molecule has 0 saturated carbocycles. The SMILES string of the molecule is Cc1ccc(C(=O)OCC2OC(n3ccc4c(N=[N+]=[N-])nc(F)nc43)CC2OC(=O)c2ccc(C)cc2)cc1. The fraction of sp³-hybridized carbons (Fsp3) is 0.259. The highest BCUT2D eigenvalue weighted by Crippen LogP contribution is 2.35. The molecule has 3 unspecified atom stereocenters. The van der Waals surface area contributed by atoms with Crippen LogP contribution in [-0.4, -0.2) is 45.3 Å². The highest BCUT2D eigenvalue weighted by molar-refractivity contribution is 5.90. The predicted octanol–water partition coefficient (Wildman–Crippen LogP) is 5.50. The van der Waals surface area contributed by atoms with Gasteiger partial charge in [0.15, 0.2) is 0 Å². The number of carbonyl (C=O) groups excluding carboxylic acids is 2. The maximum atomic E-state index is 14.1. The van der Waals surface area contributed by atoms with E-state index in [4.69, 9.17) is 19.7 Å². The minimum Gasteiger partial charge on any atom is -0.459 e. The van der Waals surface area contributed by atoms with Crippen molar-refractivity contribution in [2.45, 2.75) is 38.7 Å². The summed E-state index contributed by atoms with van der Waals surface area (Å²) in [4.78, 5) is 35.6. The van der Waals surface area contributed by atoms with Crippen molar-refractivity contribution < 1.29 is 28.2 Å². The third-order valence-electron chi connectivity index (χ3n) is 6.37. The molecule has 0 amide bonds. The van der Waals surface area contributed by atoms with Gasteiger partial charge < -0.3 is 18.8 Å². The van der Waals surface area contributed by atoms with Gasteiger partial charge in [0.25, 0.3) is 0 Å². The molecular formula is C27H23FN6O5. The third kappa shape index (κ3) is 5.57. The second-order valence-electron chi connectivity index (χ2n) is 9.11. The Bertz CT molecular complexity index is 1580. The summed E-state index contributed by atoms with van der Waals surface area (Å²) in [6.07, 6.45) is -1.70. The predicted molar refractivity (Wildman–Crippen MR) is 137 cm³/mol. The number of halogens is 1. The molecule has 198 valence electrons. The van der Waals surface area contributed by atoms with Crippen LogP contribution < -0.4 is 0 Å². The summed E-state index contributed by atoms with van der Waals surface area (Å²) in [6, 6.07) is 15.4. The van der Waals surface area contributed by atoms with E-state index in [-0.39, 0.29) is 24.5 Å². The zero-order valence-corrected chi connectivity index (χ0v) is 21.0. The Morgan fingerprint density at radius 1 is 1.05 bits per heavy atom. The van der Waals surface area contributed by atoms with Crippen molar-refractivity contribution >= 4 is 28.8 Å². The largest absolute Gasteiger partial charge is 0.459 e. The van der Waals surface area contributed by atoms with E-state index in [1.807, 2.05) is 13.8 Å². The van der Waals surface area contributed by atoms with Crippen molar-refractivity contribution in [1.82, 2.24) is 14.5 Å². The number of benzene rings is 2. The van der Waals surface area contributed by atoms with Gasteiger partial charge in [-0.25, -0.2) is 9.59 Å². The summed E-state index contributed by atoms with van der Waals surface area (Å²) in [6.45, 7) is 3.62. The minimum atomic E-state index is -1.08. The van der Waals surface area contributed by atoms with E-state index in [2.05, 4.69) is 20.0 Å². The Morgan fingerprint density at radius 2 is 1.69 bits per heavy atom. The summed E-state index contributed by atoms with van der Waals surface area (Å²) in [5.74, 6) is -1.27. The molecule has 0 radical (unpaired) electrons. The van der Waals surface area contributed by atoms with Gasteiger partial charge in [-0.1, -0.05) is 35.4 Å². The van der Waals surface area contributed by atoms with Gasteiger partial charge in [-0.05, 0) is 54.8 Å². The number of rotatable bonds is 7. The first-order valence-electron chi connectivity index (χ1n) is 12.1. The summed E-state index contributed by atoms with van der Waals surface area (Å²) in [5, 5.41) is 3.76. The number of aryl methyl sites for hydroxylation is 2. The van der Waals surface area contributed by atoms with Gasteiger partial charge in [-0.2, -0.15) is 14.4 Å². The lowest BCUT2D eigenvalue weighted by atomic mass is 10.1. The number of hydrogen-bond donors (Lipinski definition) is 0. The molecule has 11 nitrogen and oxygen atoms in total. The lowest BCUT2D eigenvalue weighted by Crippen LogP contribution is -2.32. The maximum Gasteiger partial charge on any atom is 0.338 e. The number of fused-ring (bicyclic) bond motifs is 1. The molecule has 4 aromatic rings. The summed E-state index contributed by atoms with van der Waals surface area (Å²) >= 11 is 0. The highest BCUT2D eigenvalue weighted by Gasteiger charge is 2.40. The topological polar surface area (TPSA) is 141 Å². The molecule has 12 heteroatoms. The molecule has 3 heterocycles. The molecule has 2 aromatic carbocycles. The number of hydrogen-bond acceptors (Lipinski definition) is 8. The van der Waals surface area contributed by atoms with Crippen LogP contribution in [-0.2, 0) is 14.2 Å². The van der Waals surface area contributed by atoms with Gasteiger partial charge in [-0.3, -0.25) is 0 Å². The molecule has 1 fully saturated rings. The number of carbonyl (C=O) groups is 2. The number of esters is 2. The summed E-state index contributed by atoms with van der Waals surface area (Å²) in [7, 11) is 0. The van der Waals surface area contributed by atoms with Gasteiger partial charge in [0.2, 0.25) is 0 Å². The third-order valence-corrected chi connectivity index (χ3v) is 6.37. The molecule has 1 aliphatic rings. The maximum absolute atomic E-state index is 14.1.